The van der Waals surface area contributed by atoms with Crippen LogP contribution in [0.1, 0.15) is 22.5 Å². The largest absolute Gasteiger partial charge is 0.320 e. The molecular weight excluding hydrogens is 443 g/mol. The highest BCUT2D eigenvalue weighted by atomic mass is 35.5. The predicted octanol–water partition coefficient (Wildman–Crippen LogP) is 6.05. The third-order valence-corrected chi connectivity index (χ3v) is 5.76. The maximum Gasteiger partial charge on any atom is 0.266 e. The number of aryl methyl sites for hydroxylation is 1. The first-order chi connectivity index (χ1) is 14.3. The zero-order chi connectivity index (χ0) is 21.8. The van der Waals surface area contributed by atoms with Crippen molar-refractivity contribution in [3.8, 4) is 6.07 Å². The molecule has 152 valence electrons. The van der Waals surface area contributed by atoms with Crippen LogP contribution in [0.25, 0.3) is 6.08 Å². The van der Waals surface area contributed by atoms with E-state index in [1.165, 1.54) is 6.08 Å². The van der Waals surface area contributed by atoms with Crippen LogP contribution in [0.2, 0.25) is 15.1 Å². The lowest BCUT2D eigenvalue weighted by molar-refractivity contribution is -0.112. The highest BCUT2D eigenvalue weighted by Gasteiger charge is 2.16. The summed E-state index contributed by atoms with van der Waals surface area (Å²) in [4.78, 5) is 12.6. The fourth-order valence-corrected chi connectivity index (χ4v) is 3.49. The predicted molar refractivity (Wildman–Crippen MR) is 121 cm³/mol. The van der Waals surface area contributed by atoms with E-state index in [0.717, 1.165) is 11.3 Å². The number of hydrogen-bond acceptors (Lipinski definition) is 3. The molecular formula is C22H17Cl3N4O. The number of rotatable bonds is 5. The molecule has 1 heterocycles. The monoisotopic (exact) mass is 458 g/mol. The summed E-state index contributed by atoms with van der Waals surface area (Å²) < 4.78 is 1.79. The first-order valence-electron chi connectivity index (χ1n) is 8.96. The molecule has 0 unspecified atom stereocenters. The van der Waals surface area contributed by atoms with Crippen LogP contribution in [-0.2, 0) is 11.3 Å². The minimum Gasteiger partial charge on any atom is -0.320 e. The van der Waals surface area contributed by atoms with Crippen LogP contribution in [-0.4, -0.2) is 15.7 Å². The number of nitrogens with one attached hydrogen (secondary N) is 1. The lowest BCUT2D eigenvalue weighted by Gasteiger charge is -2.08. The summed E-state index contributed by atoms with van der Waals surface area (Å²) in [5, 5.41) is 17.9. The minimum atomic E-state index is -0.584. The van der Waals surface area contributed by atoms with Crippen LogP contribution >= 0.6 is 34.8 Å². The molecule has 0 radical (unpaired) electrons. The first-order valence-corrected chi connectivity index (χ1v) is 10.1. The quantitative estimate of drug-likeness (QED) is 0.373. The van der Waals surface area contributed by atoms with Gasteiger partial charge in [-0.1, -0.05) is 59.1 Å². The SMILES string of the molecule is Cc1nn(Cc2ccccc2Cl)c(C)c1/C=C(\C#N)C(=O)Nc1cccc(Cl)c1Cl. The molecule has 0 atom stereocenters. The molecule has 5 nitrogen and oxygen atoms in total. The normalized spacial score (nSPS) is 11.3. The summed E-state index contributed by atoms with van der Waals surface area (Å²) in [5.74, 6) is -0.584. The number of carbonyl (C=O) groups excluding carboxylic acids is 1. The Morgan fingerprint density at radius 3 is 2.53 bits per heavy atom. The molecule has 8 heteroatoms. The van der Waals surface area contributed by atoms with Gasteiger partial charge in [-0.25, -0.2) is 0 Å². The van der Waals surface area contributed by atoms with Gasteiger partial charge in [-0.05, 0) is 43.7 Å². The van der Waals surface area contributed by atoms with Gasteiger partial charge in [0.25, 0.3) is 5.91 Å². The molecule has 3 aromatic rings. The molecule has 0 spiro atoms. The van der Waals surface area contributed by atoms with Crippen LogP contribution in [0, 0.1) is 25.2 Å². The van der Waals surface area contributed by atoms with Crippen molar-refractivity contribution in [2.24, 2.45) is 0 Å². The zero-order valence-corrected chi connectivity index (χ0v) is 18.5. The number of aromatic nitrogens is 2. The molecule has 0 aliphatic heterocycles. The van der Waals surface area contributed by atoms with Crippen molar-refractivity contribution >= 4 is 52.5 Å². The van der Waals surface area contributed by atoms with Gasteiger partial charge in [-0.2, -0.15) is 10.4 Å². The summed E-state index contributed by atoms with van der Waals surface area (Å²) in [5.41, 5.74) is 3.39. The van der Waals surface area contributed by atoms with Gasteiger partial charge in [0, 0.05) is 16.3 Å². The van der Waals surface area contributed by atoms with Gasteiger partial charge in [0.15, 0.2) is 0 Å². The summed E-state index contributed by atoms with van der Waals surface area (Å²) in [6, 6.07) is 14.3. The summed E-state index contributed by atoms with van der Waals surface area (Å²) >= 11 is 18.3. The maximum atomic E-state index is 12.6. The second-order valence-electron chi connectivity index (χ2n) is 6.56. The number of amides is 1. The van der Waals surface area contributed by atoms with Crippen molar-refractivity contribution in [2.45, 2.75) is 20.4 Å². The van der Waals surface area contributed by atoms with Crippen molar-refractivity contribution in [3.63, 3.8) is 0 Å². The van der Waals surface area contributed by atoms with Crippen molar-refractivity contribution < 1.29 is 4.79 Å². The van der Waals surface area contributed by atoms with E-state index in [9.17, 15) is 10.1 Å². The fourth-order valence-electron chi connectivity index (χ4n) is 2.94. The minimum absolute atomic E-state index is 0.0745. The topological polar surface area (TPSA) is 70.7 Å². The van der Waals surface area contributed by atoms with Gasteiger partial charge in [0.2, 0.25) is 0 Å². The highest BCUT2D eigenvalue weighted by Crippen LogP contribution is 2.30. The summed E-state index contributed by atoms with van der Waals surface area (Å²) in [6.45, 7) is 4.18. The molecule has 0 aliphatic carbocycles. The number of hydrogen-bond donors (Lipinski definition) is 1. The zero-order valence-electron chi connectivity index (χ0n) is 16.2. The van der Waals surface area contributed by atoms with Gasteiger partial charge < -0.3 is 5.32 Å². The number of nitrogens with zero attached hydrogens (tertiary/aromatic N) is 3. The molecule has 3 rings (SSSR count). The summed E-state index contributed by atoms with van der Waals surface area (Å²) in [7, 11) is 0. The van der Waals surface area contributed by atoms with Crippen LogP contribution in [0.4, 0.5) is 5.69 Å². The molecule has 0 saturated carbocycles. The van der Waals surface area contributed by atoms with Crippen LogP contribution in [0.3, 0.4) is 0 Å². The average Bonchev–Trinajstić information content (AvgIpc) is 2.98. The second-order valence-corrected chi connectivity index (χ2v) is 7.75. The van der Waals surface area contributed by atoms with Crippen LogP contribution < -0.4 is 5.32 Å². The molecule has 0 bridgehead atoms. The third-order valence-electron chi connectivity index (χ3n) is 4.57. The molecule has 2 aromatic carbocycles. The van der Waals surface area contributed by atoms with Gasteiger partial charge in [0.05, 0.1) is 28.0 Å². The van der Waals surface area contributed by atoms with Crippen molar-refractivity contribution in [3.05, 3.63) is 85.6 Å². The van der Waals surface area contributed by atoms with E-state index in [-0.39, 0.29) is 10.6 Å². The second kappa shape index (κ2) is 9.36. The van der Waals surface area contributed by atoms with E-state index < -0.39 is 5.91 Å². The Labute approximate surface area is 189 Å². The van der Waals surface area contributed by atoms with E-state index in [4.69, 9.17) is 34.8 Å². The standard InChI is InChI=1S/C22H17Cl3N4O/c1-13-17(14(2)29(28-13)12-15-6-3-4-7-18(15)23)10-16(11-26)22(30)27-20-9-5-8-19(24)21(20)25/h3-10H,12H2,1-2H3,(H,27,30)/b16-10+. The van der Waals surface area contributed by atoms with Crippen LogP contribution in [0.5, 0.6) is 0 Å². The van der Waals surface area contributed by atoms with Crippen molar-refractivity contribution in [1.29, 1.82) is 5.26 Å². The van der Waals surface area contributed by atoms with Crippen LogP contribution in [0.15, 0.2) is 48.0 Å². The lowest BCUT2D eigenvalue weighted by Crippen LogP contribution is -2.14. The average molecular weight is 460 g/mol. The number of halogens is 3. The van der Waals surface area contributed by atoms with E-state index in [1.807, 2.05) is 44.2 Å². The van der Waals surface area contributed by atoms with Gasteiger partial charge in [0.1, 0.15) is 11.6 Å². The number of carbonyl (C=O) groups is 1. The Bertz CT molecular complexity index is 1190. The Morgan fingerprint density at radius 1 is 1.13 bits per heavy atom. The Morgan fingerprint density at radius 2 is 1.83 bits per heavy atom. The Balaban J connectivity index is 1.90. The third kappa shape index (κ3) is 4.68. The maximum absolute atomic E-state index is 12.6. The lowest BCUT2D eigenvalue weighted by atomic mass is 10.1. The van der Waals surface area contributed by atoms with E-state index in [0.29, 0.717) is 33.5 Å². The number of nitriles is 1. The smallest absolute Gasteiger partial charge is 0.266 e. The number of benzene rings is 2. The molecule has 0 aliphatic rings. The fraction of sp³-hybridized carbons (Fsp3) is 0.136. The van der Waals surface area contributed by atoms with E-state index in [1.54, 1.807) is 22.9 Å². The Kier molecular flexibility index (Phi) is 6.84. The van der Waals surface area contributed by atoms with Gasteiger partial charge in [-0.3, -0.25) is 9.48 Å². The molecule has 1 aromatic heterocycles. The Hall–Kier alpha value is -2.78. The molecule has 0 fully saturated rings. The molecule has 1 N–H and O–H groups in total. The van der Waals surface area contributed by atoms with E-state index in [2.05, 4.69) is 10.4 Å². The van der Waals surface area contributed by atoms with E-state index >= 15 is 0 Å². The van der Waals surface area contributed by atoms with Crippen molar-refractivity contribution in [1.82, 2.24) is 9.78 Å². The highest BCUT2D eigenvalue weighted by molar-refractivity contribution is 6.44. The summed E-state index contributed by atoms with van der Waals surface area (Å²) in [6.07, 6.45) is 1.52. The number of anilines is 1. The van der Waals surface area contributed by atoms with Crippen molar-refractivity contribution in [2.75, 3.05) is 5.32 Å². The van der Waals surface area contributed by atoms with Gasteiger partial charge >= 0.3 is 0 Å². The molecule has 0 saturated heterocycles. The molecule has 1 amide bonds. The molecule has 30 heavy (non-hydrogen) atoms. The first kappa shape index (κ1) is 21.9. The van der Waals surface area contributed by atoms with Gasteiger partial charge in [-0.15, -0.1) is 0 Å².